The van der Waals surface area contributed by atoms with E-state index in [0.717, 1.165) is 33.1 Å². The number of para-hydroxylation sites is 1. The van der Waals surface area contributed by atoms with Crippen molar-refractivity contribution in [3.8, 4) is 0 Å². The first-order valence-corrected chi connectivity index (χ1v) is 8.55. The number of thiophene rings is 1. The summed E-state index contributed by atoms with van der Waals surface area (Å²) in [4.78, 5) is 18.4. The van der Waals surface area contributed by atoms with E-state index in [1.807, 2.05) is 37.3 Å². The second kappa shape index (κ2) is 6.37. The van der Waals surface area contributed by atoms with E-state index in [4.69, 9.17) is 0 Å². The number of nitrogens with one attached hydrogen (secondary N) is 1. The maximum Gasteiger partial charge on any atom is 0.261 e. The van der Waals surface area contributed by atoms with Crippen molar-refractivity contribution in [1.29, 1.82) is 0 Å². The van der Waals surface area contributed by atoms with E-state index in [9.17, 15) is 4.79 Å². The minimum Gasteiger partial charge on any atom is -0.351 e. The summed E-state index contributed by atoms with van der Waals surface area (Å²) in [5.41, 5.74) is 1.07. The number of carbonyl (C=O) groups is 1. The van der Waals surface area contributed by atoms with Gasteiger partial charge in [0, 0.05) is 17.8 Å². The lowest BCUT2D eigenvalue weighted by molar-refractivity contribution is 0.0957. The molecule has 1 N–H and O–H groups in total. The van der Waals surface area contributed by atoms with E-state index in [1.54, 1.807) is 11.3 Å². The Hall–Kier alpha value is -1.72. The third-order valence-electron chi connectivity index (χ3n) is 3.16. The largest absolute Gasteiger partial charge is 0.351 e. The lowest BCUT2D eigenvalue weighted by Gasteiger charge is -2.02. The predicted molar refractivity (Wildman–Crippen MR) is 89.3 cm³/mol. The Balaban J connectivity index is 1.49. The molecule has 0 radical (unpaired) electrons. The first kappa shape index (κ1) is 14.2. The number of carbonyl (C=O) groups excluding carboxylic acids is 1. The fourth-order valence-electron chi connectivity index (χ4n) is 2.11. The highest BCUT2D eigenvalue weighted by Crippen LogP contribution is 2.22. The maximum absolute atomic E-state index is 11.9. The molecular weight excluding hydrogens is 300 g/mol. The molecule has 0 aliphatic rings. The van der Waals surface area contributed by atoms with Gasteiger partial charge >= 0.3 is 0 Å². The number of aryl methyl sites for hydroxylation is 2. The smallest absolute Gasteiger partial charge is 0.261 e. The van der Waals surface area contributed by atoms with Crippen molar-refractivity contribution in [3.05, 3.63) is 51.2 Å². The summed E-state index contributed by atoms with van der Waals surface area (Å²) in [5, 5.41) is 4.10. The zero-order valence-electron chi connectivity index (χ0n) is 11.8. The molecule has 0 saturated heterocycles. The molecule has 0 saturated carbocycles. The first-order chi connectivity index (χ1) is 10.2. The van der Waals surface area contributed by atoms with Crippen LogP contribution in [0.15, 0.2) is 36.4 Å². The van der Waals surface area contributed by atoms with Crippen molar-refractivity contribution in [2.75, 3.05) is 6.54 Å². The number of thiazole rings is 1. The standard InChI is InChI=1S/C16H16N2OS2/c1-11-8-9-14(20-11)16(19)17-10-4-7-15-18-12-5-2-3-6-13(12)21-15/h2-3,5-6,8-9H,4,7,10H2,1H3,(H,17,19). The quantitative estimate of drug-likeness (QED) is 0.722. The molecule has 2 aromatic heterocycles. The summed E-state index contributed by atoms with van der Waals surface area (Å²) in [6.45, 7) is 2.69. The van der Waals surface area contributed by atoms with Crippen LogP contribution in [-0.2, 0) is 6.42 Å². The van der Waals surface area contributed by atoms with Gasteiger partial charge in [0.25, 0.3) is 5.91 Å². The average molecular weight is 316 g/mol. The summed E-state index contributed by atoms with van der Waals surface area (Å²) in [7, 11) is 0. The van der Waals surface area contributed by atoms with Gasteiger partial charge in [-0.15, -0.1) is 22.7 Å². The second-order valence-electron chi connectivity index (χ2n) is 4.85. The highest BCUT2D eigenvalue weighted by Gasteiger charge is 2.07. The molecule has 0 aliphatic carbocycles. The minimum absolute atomic E-state index is 0.0254. The second-order valence-corrected chi connectivity index (χ2v) is 7.25. The molecule has 3 aromatic rings. The SMILES string of the molecule is Cc1ccc(C(=O)NCCCc2nc3ccccc3s2)s1. The highest BCUT2D eigenvalue weighted by atomic mass is 32.1. The summed E-state index contributed by atoms with van der Waals surface area (Å²) in [5.74, 6) is 0.0254. The number of fused-ring (bicyclic) bond motifs is 1. The van der Waals surface area contributed by atoms with E-state index in [2.05, 4.69) is 16.4 Å². The Bertz CT molecular complexity index is 727. The number of hydrogen-bond donors (Lipinski definition) is 1. The summed E-state index contributed by atoms with van der Waals surface area (Å²) in [6.07, 6.45) is 1.82. The van der Waals surface area contributed by atoms with Crippen LogP contribution in [0, 0.1) is 6.92 Å². The van der Waals surface area contributed by atoms with E-state index in [0.29, 0.717) is 6.54 Å². The van der Waals surface area contributed by atoms with E-state index < -0.39 is 0 Å². The van der Waals surface area contributed by atoms with Gasteiger partial charge in [0.15, 0.2) is 0 Å². The lowest BCUT2D eigenvalue weighted by Crippen LogP contribution is -2.23. The monoisotopic (exact) mass is 316 g/mol. The van der Waals surface area contributed by atoms with Crippen molar-refractivity contribution >= 4 is 38.8 Å². The molecule has 3 rings (SSSR count). The van der Waals surface area contributed by atoms with E-state index >= 15 is 0 Å². The molecular formula is C16H16N2OS2. The number of aromatic nitrogens is 1. The summed E-state index contributed by atoms with van der Waals surface area (Å²) >= 11 is 3.26. The Kier molecular flexibility index (Phi) is 4.31. The molecule has 1 amide bonds. The number of amides is 1. The van der Waals surface area contributed by atoms with Crippen LogP contribution in [0.4, 0.5) is 0 Å². The van der Waals surface area contributed by atoms with Crippen molar-refractivity contribution in [2.45, 2.75) is 19.8 Å². The number of hydrogen-bond acceptors (Lipinski definition) is 4. The molecule has 0 atom stereocenters. The first-order valence-electron chi connectivity index (χ1n) is 6.91. The molecule has 1 aromatic carbocycles. The molecule has 5 heteroatoms. The topological polar surface area (TPSA) is 42.0 Å². The van der Waals surface area contributed by atoms with Crippen LogP contribution in [0.3, 0.4) is 0 Å². The molecule has 21 heavy (non-hydrogen) atoms. The normalized spacial score (nSPS) is 10.9. The number of rotatable bonds is 5. The molecule has 0 fully saturated rings. The number of benzene rings is 1. The van der Waals surface area contributed by atoms with Gasteiger partial charge in [-0.05, 0) is 37.6 Å². The maximum atomic E-state index is 11.9. The van der Waals surface area contributed by atoms with Crippen LogP contribution < -0.4 is 5.32 Å². The van der Waals surface area contributed by atoms with Gasteiger partial charge < -0.3 is 5.32 Å². The third-order valence-corrected chi connectivity index (χ3v) is 5.25. The van der Waals surface area contributed by atoms with Crippen molar-refractivity contribution in [2.24, 2.45) is 0 Å². The fourth-order valence-corrected chi connectivity index (χ4v) is 3.91. The molecule has 108 valence electrons. The Morgan fingerprint density at radius 2 is 2.05 bits per heavy atom. The van der Waals surface area contributed by atoms with Crippen LogP contribution in [-0.4, -0.2) is 17.4 Å². The molecule has 0 bridgehead atoms. The zero-order chi connectivity index (χ0) is 14.7. The van der Waals surface area contributed by atoms with Gasteiger partial charge in [0.05, 0.1) is 20.1 Å². The Labute approximate surface area is 131 Å². The van der Waals surface area contributed by atoms with Crippen LogP contribution in [0.1, 0.15) is 26.0 Å². The minimum atomic E-state index is 0.0254. The molecule has 3 nitrogen and oxygen atoms in total. The molecule has 0 spiro atoms. The van der Waals surface area contributed by atoms with Crippen molar-refractivity contribution in [1.82, 2.24) is 10.3 Å². The molecule has 0 unspecified atom stereocenters. The van der Waals surface area contributed by atoms with E-state index in [-0.39, 0.29) is 5.91 Å². The summed E-state index contributed by atoms with van der Waals surface area (Å²) in [6, 6.07) is 12.0. The van der Waals surface area contributed by atoms with Crippen LogP contribution >= 0.6 is 22.7 Å². The van der Waals surface area contributed by atoms with Crippen LogP contribution in [0.5, 0.6) is 0 Å². The lowest BCUT2D eigenvalue weighted by atomic mass is 10.3. The zero-order valence-corrected chi connectivity index (χ0v) is 13.4. The van der Waals surface area contributed by atoms with Gasteiger partial charge in [0.1, 0.15) is 0 Å². The van der Waals surface area contributed by atoms with Gasteiger partial charge in [0.2, 0.25) is 0 Å². The predicted octanol–water partition coefficient (Wildman–Crippen LogP) is 4.03. The Morgan fingerprint density at radius 3 is 2.81 bits per heavy atom. The summed E-state index contributed by atoms with van der Waals surface area (Å²) < 4.78 is 1.23. The Morgan fingerprint density at radius 1 is 1.19 bits per heavy atom. The van der Waals surface area contributed by atoms with Gasteiger partial charge in [-0.3, -0.25) is 4.79 Å². The number of nitrogens with zero attached hydrogens (tertiary/aromatic N) is 1. The van der Waals surface area contributed by atoms with Crippen molar-refractivity contribution in [3.63, 3.8) is 0 Å². The average Bonchev–Trinajstić information content (AvgIpc) is 3.09. The van der Waals surface area contributed by atoms with Crippen molar-refractivity contribution < 1.29 is 4.79 Å². The van der Waals surface area contributed by atoms with Gasteiger partial charge in [-0.25, -0.2) is 4.98 Å². The third kappa shape index (κ3) is 3.49. The molecule has 0 aliphatic heterocycles. The van der Waals surface area contributed by atoms with E-state index in [1.165, 1.54) is 16.0 Å². The highest BCUT2D eigenvalue weighted by molar-refractivity contribution is 7.18. The van der Waals surface area contributed by atoms with Gasteiger partial charge in [-0.1, -0.05) is 12.1 Å². The molecule has 2 heterocycles. The van der Waals surface area contributed by atoms with Gasteiger partial charge in [-0.2, -0.15) is 0 Å². The fraction of sp³-hybridized carbons (Fsp3) is 0.250. The van der Waals surface area contributed by atoms with Crippen LogP contribution in [0.2, 0.25) is 0 Å². The van der Waals surface area contributed by atoms with Crippen LogP contribution in [0.25, 0.3) is 10.2 Å².